The van der Waals surface area contributed by atoms with Gasteiger partial charge in [-0.2, -0.15) is 0 Å². The fraction of sp³-hybridized carbons (Fsp3) is 0.500. The molecule has 3 heterocycles. The van der Waals surface area contributed by atoms with E-state index in [2.05, 4.69) is 27.1 Å². The summed E-state index contributed by atoms with van der Waals surface area (Å²) in [5, 5.41) is 4.54. The third-order valence-corrected chi connectivity index (χ3v) is 5.32. The van der Waals surface area contributed by atoms with Crippen molar-refractivity contribution in [3.05, 3.63) is 34.1 Å². The molecule has 1 aliphatic rings. The number of ether oxygens (including phenoxy) is 1. The molecule has 2 unspecified atom stereocenters. The largest absolute Gasteiger partial charge is 0.487 e. The van der Waals surface area contributed by atoms with Crippen molar-refractivity contribution in [3.8, 4) is 5.75 Å². The number of hydrogen-bond acceptors (Lipinski definition) is 6. The molecule has 0 spiro atoms. The fourth-order valence-electron chi connectivity index (χ4n) is 2.86. The van der Waals surface area contributed by atoms with E-state index in [-0.39, 0.29) is 6.10 Å². The van der Waals surface area contributed by atoms with Gasteiger partial charge in [0.15, 0.2) is 5.13 Å². The van der Waals surface area contributed by atoms with Crippen LogP contribution in [0.3, 0.4) is 0 Å². The quantitative estimate of drug-likeness (QED) is 0.833. The molecule has 0 aromatic carbocycles. The predicted octanol–water partition coefficient (Wildman–Crippen LogP) is 3.58. The van der Waals surface area contributed by atoms with Crippen molar-refractivity contribution in [2.75, 3.05) is 18.9 Å². The average Bonchev–Trinajstić information content (AvgIpc) is 3.10. The smallest absolute Gasteiger partial charge is 0.182 e. The van der Waals surface area contributed by atoms with Gasteiger partial charge >= 0.3 is 0 Å². The molecule has 0 amide bonds. The van der Waals surface area contributed by atoms with Gasteiger partial charge in [0.25, 0.3) is 0 Å². The number of halogens is 1. The SMILES string of the molecule is CNc1ncc(CN2CC(Oc3cnc(Cl)cc3C)CC2C)s1. The Morgan fingerprint density at radius 2 is 2.26 bits per heavy atom. The van der Waals surface area contributed by atoms with Crippen LogP contribution in [0.5, 0.6) is 5.75 Å². The van der Waals surface area contributed by atoms with E-state index >= 15 is 0 Å². The summed E-state index contributed by atoms with van der Waals surface area (Å²) < 4.78 is 6.14. The second-order valence-corrected chi connectivity index (χ2v) is 7.41. The molecule has 0 aliphatic carbocycles. The average molecular weight is 353 g/mol. The highest BCUT2D eigenvalue weighted by Crippen LogP contribution is 2.28. The summed E-state index contributed by atoms with van der Waals surface area (Å²) >= 11 is 7.60. The van der Waals surface area contributed by atoms with Crippen molar-refractivity contribution >= 4 is 28.1 Å². The van der Waals surface area contributed by atoms with Crippen molar-refractivity contribution in [2.24, 2.45) is 0 Å². The van der Waals surface area contributed by atoms with Crippen LogP contribution in [0.4, 0.5) is 5.13 Å². The Morgan fingerprint density at radius 1 is 1.43 bits per heavy atom. The maximum Gasteiger partial charge on any atom is 0.182 e. The molecular formula is C16H21ClN4OS. The first-order valence-electron chi connectivity index (χ1n) is 7.70. The first kappa shape index (κ1) is 16.5. The molecule has 3 rings (SSSR count). The molecule has 5 nitrogen and oxygen atoms in total. The van der Waals surface area contributed by atoms with E-state index in [9.17, 15) is 0 Å². The van der Waals surface area contributed by atoms with Crippen LogP contribution in [0.15, 0.2) is 18.5 Å². The molecule has 7 heteroatoms. The van der Waals surface area contributed by atoms with E-state index in [0.29, 0.717) is 11.2 Å². The number of rotatable bonds is 5. The van der Waals surface area contributed by atoms with Crippen LogP contribution in [0, 0.1) is 6.92 Å². The van der Waals surface area contributed by atoms with Crippen LogP contribution >= 0.6 is 22.9 Å². The van der Waals surface area contributed by atoms with Gasteiger partial charge in [-0.3, -0.25) is 4.90 Å². The topological polar surface area (TPSA) is 50.3 Å². The normalized spacial score (nSPS) is 21.6. The number of nitrogens with one attached hydrogen (secondary N) is 1. The monoisotopic (exact) mass is 352 g/mol. The van der Waals surface area contributed by atoms with Gasteiger partial charge in [-0.1, -0.05) is 11.6 Å². The molecule has 2 aromatic heterocycles. The second kappa shape index (κ2) is 7.03. The van der Waals surface area contributed by atoms with Crippen molar-refractivity contribution in [2.45, 2.75) is 39.0 Å². The molecular weight excluding hydrogens is 332 g/mol. The highest BCUT2D eigenvalue weighted by atomic mass is 35.5. The van der Waals surface area contributed by atoms with Gasteiger partial charge in [-0.05, 0) is 25.5 Å². The molecule has 1 saturated heterocycles. The first-order chi connectivity index (χ1) is 11.0. The van der Waals surface area contributed by atoms with Gasteiger partial charge in [0.1, 0.15) is 17.0 Å². The van der Waals surface area contributed by atoms with Crippen molar-refractivity contribution in [1.29, 1.82) is 0 Å². The van der Waals surface area contributed by atoms with Crippen molar-refractivity contribution in [3.63, 3.8) is 0 Å². The van der Waals surface area contributed by atoms with Gasteiger partial charge in [-0.25, -0.2) is 9.97 Å². The molecule has 0 bridgehead atoms. The Hall–Kier alpha value is -1.37. The van der Waals surface area contributed by atoms with E-state index in [0.717, 1.165) is 36.0 Å². The summed E-state index contributed by atoms with van der Waals surface area (Å²) in [6, 6.07) is 2.32. The first-order valence-corrected chi connectivity index (χ1v) is 8.90. The zero-order chi connectivity index (χ0) is 16.4. The number of nitrogens with zero attached hydrogens (tertiary/aromatic N) is 3. The third kappa shape index (κ3) is 3.94. The molecule has 23 heavy (non-hydrogen) atoms. The van der Waals surface area contributed by atoms with Crippen molar-refractivity contribution in [1.82, 2.24) is 14.9 Å². The maximum atomic E-state index is 6.14. The zero-order valence-electron chi connectivity index (χ0n) is 13.5. The van der Waals surface area contributed by atoms with E-state index in [4.69, 9.17) is 16.3 Å². The summed E-state index contributed by atoms with van der Waals surface area (Å²) in [5.41, 5.74) is 1.03. The number of aromatic nitrogens is 2. The van der Waals surface area contributed by atoms with Crippen LogP contribution in [0.1, 0.15) is 23.8 Å². The Morgan fingerprint density at radius 3 is 2.96 bits per heavy atom. The lowest BCUT2D eigenvalue weighted by Crippen LogP contribution is -2.27. The van der Waals surface area contributed by atoms with Crippen molar-refractivity contribution < 1.29 is 4.74 Å². The van der Waals surface area contributed by atoms with Crippen LogP contribution in [-0.4, -0.2) is 40.6 Å². The molecule has 1 fully saturated rings. The zero-order valence-corrected chi connectivity index (χ0v) is 15.1. The van der Waals surface area contributed by atoms with Crippen LogP contribution < -0.4 is 10.1 Å². The van der Waals surface area contributed by atoms with Crippen LogP contribution in [0.25, 0.3) is 0 Å². The number of anilines is 1. The highest BCUT2D eigenvalue weighted by molar-refractivity contribution is 7.15. The summed E-state index contributed by atoms with van der Waals surface area (Å²) in [5.74, 6) is 0.823. The van der Waals surface area contributed by atoms with Crippen LogP contribution in [-0.2, 0) is 6.54 Å². The molecule has 2 aromatic rings. The molecule has 0 saturated carbocycles. The second-order valence-electron chi connectivity index (χ2n) is 5.91. The predicted molar refractivity (Wildman–Crippen MR) is 94.5 cm³/mol. The number of hydrogen-bond donors (Lipinski definition) is 1. The Labute approximate surface area is 145 Å². The van der Waals surface area contributed by atoms with E-state index in [1.807, 2.05) is 26.2 Å². The number of pyridine rings is 1. The van der Waals surface area contributed by atoms with E-state index in [1.165, 1.54) is 4.88 Å². The van der Waals surface area contributed by atoms with Gasteiger partial charge in [-0.15, -0.1) is 11.3 Å². The van der Waals surface area contributed by atoms with Gasteiger partial charge in [0, 0.05) is 43.7 Å². The Bertz CT molecular complexity index is 678. The molecule has 1 N–H and O–H groups in total. The van der Waals surface area contributed by atoms with E-state index in [1.54, 1.807) is 17.5 Å². The van der Waals surface area contributed by atoms with E-state index < -0.39 is 0 Å². The lowest BCUT2D eigenvalue weighted by Gasteiger charge is -2.19. The third-order valence-electron chi connectivity index (χ3n) is 4.11. The molecule has 2 atom stereocenters. The summed E-state index contributed by atoms with van der Waals surface area (Å²) in [6.07, 6.45) is 4.86. The summed E-state index contributed by atoms with van der Waals surface area (Å²) in [4.78, 5) is 12.2. The Balaban J connectivity index is 1.61. The summed E-state index contributed by atoms with van der Waals surface area (Å²) in [6.45, 7) is 6.07. The highest BCUT2D eigenvalue weighted by Gasteiger charge is 2.31. The number of thiazole rings is 1. The Kier molecular flexibility index (Phi) is 5.04. The minimum Gasteiger partial charge on any atom is -0.487 e. The minimum absolute atomic E-state index is 0.184. The number of likely N-dealkylation sites (tertiary alicyclic amines) is 1. The fourth-order valence-corrected chi connectivity index (χ4v) is 3.86. The van der Waals surface area contributed by atoms with Crippen LogP contribution in [0.2, 0.25) is 5.15 Å². The lowest BCUT2D eigenvalue weighted by molar-refractivity contribution is 0.194. The van der Waals surface area contributed by atoms with Gasteiger partial charge in [0.2, 0.25) is 0 Å². The van der Waals surface area contributed by atoms with Gasteiger partial charge in [0.05, 0.1) is 6.20 Å². The summed E-state index contributed by atoms with van der Waals surface area (Å²) in [7, 11) is 1.90. The lowest BCUT2D eigenvalue weighted by atomic mass is 10.2. The molecule has 1 aliphatic heterocycles. The standard InChI is InChI=1S/C16H21ClN4OS/c1-10-4-15(17)19-7-14(10)22-12-5-11(2)21(8-12)9-13-6-20-16(18-3)23-13/h4,6-7,11-12H,5,8-9H2,1-3H3,(H,18,20). The molecule has 0 radical (unpaired) electrons. The van der Waals surface area contributed by atoms with Gasteiger partial charge < -0.3 is 10.1 Å². The maximum absolute atomic E-state index is 6.14. The molecule has 124 valence electrons. The number of aryl methyl sites for hydroxylation is 1. The minimum atomic E-state index is 0.184.